The van der Waals surface area contributed by atoms with Crippen molar-refractivity contribution >= 4 is 45.1 Å². The van der Waals surface area contributed by atoms with Gasteiger partial charge in [0.15, 0.2) is 0 Å². The molecule has 1 amide bonds. The Morgan fingerprint density at radius 3 is 2.89 bits per heavy atom. The largest absolute Gasteiger partial charge is 0.437 e. The number of pyridine rings is 1. The zero-order chi connectivity index (χ0) is 19.4. The molecule has 2 aromatic heterocycles. The fourth-order valence-electron chi connectivity index (χ4n) is 2.49. The van der Waals surface area contributed by atoms with E-state index in [0.29, 0.717) is 16.7 Å². The summed E-state index contributed by atoms with van der Waals surface area (Å²) in [6, 6.07) is 7.36. The topological polar surface area (TPSA) is 64.1 Å². The van der Waals surface area contributed by atoms with Crippen LogP contribution in [0.2, 0.25) is 5.02 Å². The van der Waals surface area contributed by atoms with Crippen molar-refractivity contribution in [3.8, 4) is 11.6 Å². The number of nitrogens with zero attached hydrogens (tertiary/aromatic N) is 2. The molecule has 2 heterocycles. The Balaban J connectivity index is 1.72. The van der Waals surface area contributed by atoms with Crippen LogP contribution in [0, 0.1) is 0 Å². The normalized spacial score (nSPS) is 12.4. The van der Waals surface area contributed by atoms with E-state index < -0.39 is 0 Å². The van der Waals surface area contributed by atoms with E-state index in [2.05, 4.69) is 22.2 Å². The van der Waals surface area contributed by atoms with Gasteiger partial charge in [-0.3, -0.25) is 4.79 Å². The molecule has 1 aromatic carbocycles. The summed E-state index contributed by atoms with van der Waals surface area (Å²) in [4.78, 5) is 19.9. The van der Waals surface area contributed by atoms with Gasteiger partial charge >= 0.3 is 0 Å². The second-order valence-corrected chi connectivity index (χ2v) is 7.61. The van der Waals surface area contributed by atoms with Gasteiger partial charge in [0.2, 0.25) is 11.8 Å². The number of rotatable bonds is 6. The summed E-state index contributed by atoms with van der Waals surface area (Å²) in [5.74, 6) is 0.962. The Bertz CT molecular complexity index is 983. The van der Waals surface area contributed by atoms with Crippen molar-refractivity contribution < 1.29 is 9.53 Å². The van der Waals surface area contributed by atoms with Crippen LogP contribution >= 0.6 is 22.9 Å². The fraction of sp³-hybridized carbons (Fsp3) is 0.250. The average Bonchev–Trinajstić information content (AvgIpc) is 3.02. The van der Waals surface area contributed by atoms with E-state index in [1.807, 2.05) is 37.3 Å². The quantitative estimate of drug-likeness (QED) is 0.613. The third-order valence-corrected chi connectivity index (χ3v) is 5.23. The molecule has 0 saturated heterocycles. The van der Waals surface area contributed by atoms with Gasteiger partial charge in [-0.15, -0.1) is 11.3 Å². The number of benzene rings is 1. The van der Waals surface area contributed by atoms with Crippen LogP contribution < -0.4 is 10.1 Å². The Hall–Kier alpha value is -2.44. The van der Waals surface area contributed by atoms with Crippen molar-refractivity contribution in [2.24, 2.45) is 0 Å². The van der Waals surface area contributed by atoms with Gasteiger partial charge in [0.05, 0.1) is 20.2 Å². The standard InChI is InChI=1S/C20H20ClN3O2S/c1-4-20-24-16-9-15(21)17(10-18(16)27-20)26-19-8-7-14(11-22-19)6-5-12(2)23-13(3)25/h5-12H,4H2,1-3H3,(H,23,25)/b6-5+/t12-/m0/s1. The van der Waals surface area contributed by atoms with Crippen molar-refractivity contribution in [2.45, 2.75) is 33.2 Å². The number of halogens is 1. The molecule has 0 fully saturated rings. The molecule has 0 saturated carbocycles. The molecule has 0 spiro atoms. The molecule has 3 aromatic rings. The molecule has 140 valence electrons. The van der Waals surface area contributed by atoms with Crippen LogP contribution in [0.3, 0.4) is 0 Å². The number of thiazole rings is 1. The highest BCUT2D eigenvalue weighted by Gasteiger charge is 2.10. The van der Waals surface area contributed by atoms with E-state index in [-0.39, 0.29) is 11.9 Å². The van der Waals surface area contributed by atoms with Crippen molar-refractivity contribution in [3.05, 3.63) is 52.1 Å². The highest BCUT2D eigenvalue weighted by Crippen LogP contribution is 2.35. The number of amides is 1. The zero-order valence-electron chi connectivity index (χ0n) is 15.3. The van der Waals surface area contributed by atoms with Crippen molar-refractivity contribution in [1.29, 1.82) is 0 Å². The number of aryl methyl sites for hydroxylation is 1. The molecule has 0 radical (unpaired) electrons. The minimum atomic E-state index is -0.0603. The van der Waals surface area contributed by atoms with Crippen molar-refractivity contribution in [3.63, 3.8) is 0 Å². The lowest BCUT2D eigenvalue weighted by molar-refractivity contribution is -0.119. The summed E-state index contributed by atoms with van der Waals surface area (Å²) in [7, 11) is 0. The van der Waals surface area contributed by atoms with Gasteiger partial charge in [0.25, 0.3) is 0 Å². The lowest BCUT2D eigenvalue weighted by atomic mass is 10.2. The number of fused-ring (bicyclic) bond motifs is 1. The minimum absolute atomic E-state index is 0.0450. The Labute approximate surface area is 167 Å². The smallest absolute Gasteiger partial charge is 0.219 e. The first kappa shape index (κ1) is 19.3. The van der Waals surface area contributed by atoms with Gasteiger partial charge in [0.1, 0.15) is 5.75 Å². The molecule has 5 nitrogen and oxygen atoms in total. The molecule has 27 heavy (non-hydrogen) atoms. The maximum Gasteiger partial charge on any atom is 0.219 e. The molecular formula is C20H20ClN3O2S. The summed E-state index contributed by atoms with van der Waals surface area (Å²) in [5.41, 5.74) is 1.80. The fourth-order valence-corrected chi connectivity index (χ4v) is 3.61. The molecule has 3 rings (SSSR count). The lowest BCUT2D eigenvalue weighted by Crippen LogP contribution is -2.28. The minimum Gasteiger partial charge on any atom is -0.437 e. The predicted molar refractivity (Wildman–Crippen MR) is 111 cm³/mol. The van der Waals surface area contributed by atoms with Crippen LogP contribution in [0.1, 0.15) is 31.3 Å². The van der Waals surface area contributed by atoms with Crippen molar-refractivity contribution in [2.75, 3.05) is 0 Å². The monoisotopic (exact) mass is 401 g/mol. The Kier molecular flexibility index (Phi) is 6.08. The average molecular weight is 402 g/mol. The molecule has 7 heteroatoms. The summed E-state index contributed by atoms with van der Waals surface area (Å²) in [5, 5.41) is 4.37. The maximum absolute atomic E-state index is 11.0. The Morgan fingerprint density at radius 1 is 1.41 bits per heavy atom. The van der Waals surface area contributed by atoms with E-state index in [9.17, 15) is 4.79 Å². The van der Waals surface area contributed by atoms with Crippen LogP contribution in [-0.2, 0) is 11.2 Å². The van der Waals surface area contributed by atoms with Gasteiger partial charge in [0, 0.05) is 31.3 Å². The van der Waals surface area contributed by atoms with Crippen LogP contribution in [0.25, 0.3) is 16.3 Å². The van der Waals surface area contributed by atoms with Gasteiger partial charge < -0.3 is 10.1 Å². The zero-order valence-corrected chi connectivity index (χ0v) is 16.9. The molecular weight excluding hydrogens is 382 g/mol. The number of nitrogens with one attached hydrogen (secondary N) is 1. The van der Waals surface area contributed by atoms with Crippen LogP contribution in [-0.4, -0.2) is 21.9 Å². The van der Waals surface area contributed by atoms with E-state index >= 15 is 0 Å². The first-order valence-corrected chi connectivity index (χ1v) is 9.82. The van der Waals surface area contributed by atoms with Gasteiger partial charge in [-0.1, -0.05) is 30.7 Å². The van der Waals surface area contributed by atoms with Gasteiger partial charge in [-0.05, 0) is 31.0 Å². The highest BCUT2D eigenvalue weighted by molar-refractivity contribution is 7.18. The van der Waals surface area contributed by atoms with Crippen LogP contribution in [0.5, 0.6) is 11.6 Å². The van der Waals surface area contributed by atoms with Crippen LogP contribution in [0.4, 0.5) is 0 Å². The number of aromatic nitrogens is 2. The molecule has 0 aliphatic carbocycles. The van der Waals surface area contributed by atoms with Crippen molar-refractivity contribution in [1.82, 2.24) is 15.3 Å². The number of hydrogen-bond acceptors (Lipinski definition) is 5. The lowest BCUT2D eigenvalue weighted by Gasteiger charge is -2.08. The maximum atomic E-state index is 11.0. The molecule has 1 atom stereocenters. The second kappa shape index (κ2) is 8.50. The summed E-state index contributed by atoms with van der Waals surface area (Å²) < 4.78 is 6.89. The first-order chi connectivity index (χ1) is 12.9. The number of carbonyl (C=O) groups is 1. The van der Waals surface area contributed by atoms with Crippen LogP contribution in [0.15, 0.2) is 36.5 Å². The predicted octanol–water partition coefficient (Wildman–Crippen LogP) is 5.24. The van der Waals surface area contributed by atoms with Gasteiger partial charge in [-0.25, -0.2) is 9.97 Å². The van der Waals surface area contributed by atoms with Gasteiger partial charge in [-0.2, -0.15) is 0 Å². The first-order valence-electron chi connectivity index (χ1n) is 8.62. The summed E-state index contributed by atoms with van der Waals surface area (Å²) >= 11 is 7.97. The third kappa shape index (κ3) is 5.05. The highest BCUT2D eigenvalue weighted by atomic mass is 35.5. The molecule has 0 aliphatic heterocycles. The number of carbonyl (C=O) groups excluding carboxylic acids is 1. The van der Waals surface area contributed by atoms with E-state index in [4.69, 9.17) is 16.3 Å². The molecule has 1 N–H and O–H groups in total. The number of ether oxygens (including phenoxy) is 1. The van der Waals surface area contributed by atoms with E-state index in [1.165, 1.54) is 6.92 Å². The molecule has 0 unspecified atom stereocenters. The second-order valence-electron chi connectivity index (χ2n) is 6.09. The summed E-state index contributed by atoms with van der Waals surface area (Å²) in [6.07, 6.45) is 6.41. The van der Waals surface area contributed by atoms with E-state index in [0.717, 1.165) is 27.2 Å². The SMILES string of the molecule is CCc1nc2cc(Cl)c(Oc3ccc(/C=C/[C@H](C)NC(C)=O)cn3)cc2s1. The Morgan fingerprint density at radius 2 is 2.22 bits per heavy atom. The third-order valence-electron chi connectivity index (χ3n) is 3.77. The molecule has 0 bridgehead atoms. The van der Waals surface area contributed by atoms with E-state index in [1.54, 1.807) is 23.6 Å². The summed E-state index contributed by atoms with van der Waals surface area (Å²) in [6.45, 7) is 5.48. The number of hydrogen-bond donors (Lipinski definition) is 1. The molecule has 0 aliphatic rings.